The van der Waals surface area contributed by atoms with Crippen molar-refractivity contribution in [1.29, 1.82) is 0 Å². The van der Waals surface area contributed by atoms with Gasteiger partial charge in [-0.05, 0) is 50.3 Å². The van der Waals surface area contributed by atoms with Crippen molar-refractivity contribution in [2.45, 2.75) is 58.4 Å². The maximum absolute atomic E-state index is 13.3. The molecule has 0 amide bonds. The Balaban J connectivity index is 2.09. The summed E-state index contributed by atoms with van der Waals surface area (Å²) in [5, 5.41) is 3.69. The van der Waals surface area contributed by atoms with E-state index < -0.39 is 11.7 Å². The molecule has 0 aliphatic heterocycles. The Hall–Kier alpha value is -1.92. The van der Waals surface area contributed by atoms with Crippen LogP contribution in [-0.2, 0) is 22.4 Å². The number of hydrogen-bond acceptors (Lipinski definition) is 4. The predicted octanol–water partition coefficient (Wildman–Crippen LogP) is 4.91. The van der Waals surface area contributed by atoms with Crippen molar-refractivity contribution in [3.63, 3.8) is 0 Å². The van der Waals surface area contributed by atoms with E-state index in [0.29, 0.717) is 18.1 Å². The monoisotopic (exact) mass is 345 g/mol. The number of alkyl halides is 3. The molecule has 0 spiro atoms. The molecule has 0 aromatic heterocycles. The average molecular weight is 345 g/mol. The SMILES string of the molecule is CCO/C(C)=N/OCc1ccc(OC2CCCC2)c(C(F)(F)F)c1. The van der Waals surface area contributed by atoms with E-state index in [1.165, 1.54) is 6.07 Å². The molecule has 1 aliphatic rings. The molecule has 1 fully saturated rings. The van der Waals surface area contributed by atoms with Gasteiger partial charge in [0.05, 0.1) is 18.3 Å². The van der Waals surface area contributed by atoms with Gasteiger partial charge in [-0.1, -0.05) is 11.2 Å². The lowest BCUT2D eigenvalue weighted by molar-refractivity contribution is -0.139. The zero-order valence-corrected chi connectivity index (χ0v) is 13.9. The first-order valence-corrected chi connectivity index (χ1v) is 8.06. The van der Waals surface area contributed by atoms with Gasteiger partial charge in [0.2, 0.25) is 5.90 Å². The summed E-state index contributed by atoms with van der Waals surface area (Å²) in [4.78, 5) is 5.03. The normalized spacial score (nSPS) is 16.3. The second kappa shape index (κ2) is 8.26. The number of nitrogens with zero attached hydrogens (tertiary/aromatic N) is 1. The van der Waals surface area contributed by atoms with Gasteiger partial charge in [-0.3, -0.25) is 0 Å². The minimum Gasteiger partial charge on any atom is -0.490 e. The van der Waals surface area contributed by atoms with E-state index >= 15 is 0 Å². The van der Waals surface area contributed by atoms with Crippen LogP contribution in [-0.4, -0.2) is 18.6 Å². The molecule has 0 heterocycles. The topological polar surface area (TPSA) is 40.0 Å². The van der Waals surface area contributed by atoms with Crippen LogP contribution in [0.5, 0.6) is 5.75 Å². The van der Waals surface area contributed by atoms with Crippen LogP contribution in [0.3, 0.4) is 0 Å². The zero-order chi connectivity index (χ0) is 17.6. The first-order chi connectivity index (χ1) is 11.4. The quantitative estimate of drug-likeness (QED) is 0.418. The van der Waals surface area contributed by atoms with Gasteiger partial charge in [0.1, 0.15) is 12.4 Å². The van der Waals surface area contributed by atoms with Gasteiger partial charge < -0.3 is 14.3 Å². The van der Waals surface area contributed by atoms with Gasteiger partial charge in [-0.15, -0.1) is 0 Å². The molecule has 0 saturated heterocycles. The smallest absolute Gasteiger partial charge is 0.419 e. The van der Waals surface area contributed by atoms with Gasteiger partial charge >= 0.3 is 6.18 Å². The first-order valence-electron chi connectivity index (χ1n) is 8.06. The van der Waals surface area contributed by atoms with E-state index in [1.54, 1.807) is 19.9 Å². The predicted molar refractivity (Wildman–Crippen MR) is 83.9 cm³/mol. The van der Waals surface area contributed by atoms with Crippen LogP contribution in [0.2, 0.25) is 0 Å². The van der Waals surface area contributed by atoms with Crippen LogP contribution in [0.15, 0.2) is 23.4 Å². The molecule has 0 bridgehead atoms. The molecule has 1 saturated carbocycles. The fourth-order valence-corrected chi connectivity index (χ4v) is 2.61. The molecule has 7 heteroatoms. The summed E-state index contributed by atoms with van der Waals surface area (Å²) in [5.41, 5.74) is -0.407. The largest absolute Gasteiger partial charge is 0.490 e. The van der Waals surface area contributed by atoms with Crippen molar-refractivity contribution < 1.29 is 27.5 Å². The van der Waals surface area contributed by atoms with Gasteiger partial charge in [0.25, 0.3) is 0 Å². The van der Waals surface area contributed by atoms with Crippen LogP contribution < -0.4 is 4.74 Å². The van der Waals surface area contributed by atoms with Gasteiger partial charge in [-0.25, -0.2) is 0 Å². The minimum absolute atomic E-state index is 0.0722. The second-order valence-electron chi connectivity index (χ2n) is 5.67. The molecule has 1 aliphatic carbocycles. The highest BCUT2D eigenvalue weighted by Gasteiger charge is 2.35. The van der Waals surface area contributed by atoms with Crippen molar-refractivity contribution in [1.82, 2.24) is 0 Å². The summed E-state index contributed by atoms with van der Waals surface area (Å²) >= 11 is 0. The molecule has 24 heavy (non-hydrogen) atoms. The third-order valence-electron chi connectivity index (χ3n) is 3.72. The molecule has 1 aromatic carbocycles. The molecule has 0 unspecified atom stereocenters. The van der Waals surface area contributed by atoms with Crippen LogP contribution in [0.1, 0.15) is 50.7 Å². The Morgan fingerprint density at radius 3 is 2.58 bits per heavy atom. The maximum Gasteiger partial charge on any atom is 0.419 e. The number of benzene rings is 1. The second-order valence-corrected chi connectivity index (χ2v) is 5.67. The molecule has 2 rings (SSSR count). The lowest BCUT2D eigenvalue weighted by Crippen LogP contribution is -2.16. The standard InChI is InChI=1S/C17H22F3NO3/c1-3-22-12(2)21-23-11-13-8-9-16(15(10-13)17(18,19)20)24-14-6-4-5-7-14/h8-10,14H,3-7,11H2,1-2H3/b21-12+. The number of rotatable bonds is 6. The Bertz CT molecular complexity index is 567. The summed E-state index contributed by atoms with van der Waals surface area (Å²) in [5.74, 6) is 0.210. The lowest BCUT2D eigenvalue weighted by atomic mass is 10.1. The summed E-state index contributed by atoms with van der Waals surface area (Å²) in [6, 6.07) is 3.97. The third-order valence-corrected chi connectivity index (χ3v) is 3.72. The Labute approximate surface area is 139 Å². The van der Waals surface area contributed by atoms with Crippen molar-refractivity contribution in [3.05, 3.63) is 29.3 Å². The molecule has 134 valence electrons. The number of oxime groups is 1. The van der Waals surface area contributed by atoms with Crippen LogP contribution in [0, 0.1) is 0 Å². The van der Waals surface area contributed by atoms with Crippen molar-refractivity contribution in [2.24, 2.45) is 5.16 Å². The van der Waals surface area contributed by atoms with Crippen molar-refractivity contribution in [3.8, 4) is 5.75 Å². The Morgan fingerprint density at radius 1 is 1.25 bits per heavy atom. The number of ether oxygens (including phenoxy) is 2. The zero-order valence-electron chi connectivity index (χ0n) is 13.9. The Kier molecular flexibility index (Phi) is 6.34. The van der Waals surface area contributed by atoms with E-state index in [1.807, 2.05) is 0 Å². The van der Waals surface area contributed by atoms with E-state index in [2.05, 4.69) is 5.16 Å². The summed E-state index contributed by atoms with van der Waals surface area (Å²) in [7, 11) is 0. The molecule has 4 nitrogen and oxygen atoms in total. The highest BCUT2D eigenvalue weighted by atomic mass is 19.4. The fraction of sp³-hybridized carbons (Fsp3) is 0.588. The van der Waals surface area contributed by atoms with Crippen LogP contribution in [0.25, 0.3) is 0 Å². The molecule has 0 N–H and O–H groups in total. The third kappa shape index (κ3) is 5.32. The van der Waals surface area contributed by atoms with Crippen LogP contribution in [0.4, 0.5) is 13.2 Å². The molecular formula is C17H22F3NO3. The van der Waals surface area contributed by atoms with E-state index in [0.717, 1.165) is 31.7 Å². The lowest BCUT2D eigenvalue weighted by Gasteiger charge is -2.18. The van der Waals surface area contributed by atoms with Gasteiger partial charge in [0, 0.05) is 6.92 Å². The maximum atomic E-state index is 13.3. The van der Waals surface area contributed by atoms with Crippen molar-refractivity contribution >= 4 is 5.90 Å². The van der Waals surface area contributed by atoms with E-state index in [-0.39, 0.29) is 18.5 Å². The van der Waals surface area contributed by atoms with Crippen molar-refractivity contribution in [2.75, 3.05) is 6.61 Å². The molecular weight excluding hydrogens is 323 g/mol. The summed E-state index contributed by atoms with van der Waals surface area (Å²) in [6.45, 7) is 3.79. The van der Waals surface area contributed by atoms with Crippen LogP contribution >= 0.6 is 0 Å². The fourth-order valence-electron chi connectivity index (χ4n) is 2.61. The highest BCUT2D eigenvalue weighted by Crippen LogP contribution is 2.38. The summed E-state index contributed by atoms with van der Waals surface area (Å²) < 4.78 is 50.5. The van der Waals surface area contributed by atoms with Gasteiger partial charge in [0.15, 0.2) is 0 Å². The molecule has 0 radical (unpaired) electrons. The van der Waals surface area contributed by atoms with E-state index in [9.17, 15) is 13.2 Å². The first kappa shape index (κ1) is 18.4. The van der Waals surface area contributed by atoms with E-state index in [4.69, 9.17) is 14.3 Å². The number of hydrogen-bond donors (Lipinski definition) is 0. The summed E-state index contributed by atoms with van der Waals surface area (Å²) in [6.07, 6.45) is -1.02. The minimum atomic E-state index is -4.48. The molecule has 1 aromatic rings. The average Bonchev–Trinajstić information content (AvgIpc) is 3.01. The Morgan fingerprint density at radius 2 is 1.96 bits per heavy atom. The number of halogens is 3. The highest BCUT2D eigenvalue weighted by molar-refractivity contribution is 5.72. The molecule has 0 atom stereocenters. The van der Waals surface area contributed by atoms with Gasteiger partial charge in [-0.2, -0.15) is 13.2 Å².